The minimum atomic E-state index is 0.174. The predicted molar refractivity (Wildman–Crippen MR) is 66.8 cm³/mol. The Kier molecular flexibility index (Phi) is 7.21. The third-order valence-corrected chi connectivity index (χ3v) is 3.29. The maximum absolute atomic E-state index is 12.0. The van der Waals surface area contributed by atoms with Gasteiger partial charge in [-0.25, -0.2) is 0 Å². The van der Waals surface area contributed by atoms with Crippen LogP contribution in [0.3, 0.4) is 0 Å². The van der Waals surface area contributed by atoms with E-state index >= 15 is 0 Å². The zero-order valence-corrected chi connectivity index (χ0v) is 10.9. The number of rotatable bonds is 7. The first-order valence-electron chi connectivity index (χ1n) is 6.77. The molecule has 1 atom stereocenters. The van der Waals surface area contributed by atoms with E-state index < -0.39 is 0 Å². The van der Waals surface area contributed by atoms with Crippen molar-refractivity contribution in [1.82, 2.24) is 4.90 Å². The van der Waals surface area contributed by atoms with Crippen LogP contribution >= 0.6 is 0 Å². The van der Waals surface area contributed by atoms with Gasteiger partial charge in [-0.05, 0) is 39.0 Å². The normalized spacial score (nSPS) is 20.6. The van der Waals surface area contributed by atoms with Crippen LogP contribution in [-0.2, 0) is 9.53 Å². The molecular formula is C13H25NO3. The third-order valence-electron chi connectivity index (χ3n) is 3.29. The van der Waals surface area contributed by atoms with Crippen molar-refractivity contribution in [2.24, 2.45) is 0 Å². The molecule has 1 saturated heterocycles. The Morgan fingerprint density at radius 2 is 2.29 bits per heavy atom. The number of carbonyl (C=O) groups is 1. The lowest BCUT2D eigenvalue weighted by Crippen LogP contribution is -2.44. The monoisotopic (exact) mass is 243 g/mol. The molecule has 17 heavy (non-hydrogen) atoms. The first-order valence-corrected chi connectivity index (χ1v) is 6.77. The molecule has 1 aliphatic heterocycles. The predicted octanol–water partition coefficient (Wildman–Crippen LogP) is 1.57. The van der Waals surface area contributed by atoms with E-state index in [0.717, 1.165) is 32.2 Å². The summed E-state index contributed by atoms with van der Waals surface area (Å²) in [5, 5.41) is 9.01. The molecule has 0 aromatic heterocycles. The second-order valence-electron chi connectivity index (χ2n) is 4.55. The second-order valence-corrected chi connectivity index (χ2v) is 4.55. The molecular weight excluding hydrogens is 218 g/mol. The summed E-state index contributed by atoms with van der Waals surface area (Å²) < 4.78 is 5.23. The van der Waals surface area contributed by atoms with Gasteiger partial charge < -0.3 is 14.7 Å². The Morgan fingerprint density at radius 3 is 3.00 bits per heavy atom. The summed E-state index contributed by atoms with van der Waals surface area (Å²) in [4.78, 5) is 14.0. The summed E-state index contributed by atoms with van der Waals surface area (Å²) in [6.07, 6.45) is 5.40. The minimum Gasteiger partial charge on any atom is -0.396 e. The smallest absolute Gasteiger partial charge is 0.222 e. The lowest BCUT2D eigenvalue weighted by molar-refractivity contribution is -0.135. The summed E-state index contributed by atoms with van der Waals surface area (Å²) in [6, 6.07) is 0.258. The molecule has 4 nitrogen and oxygen atoms in total. The first kappa shape index (κ1) is 14.5. The van der Waals surface area contributed by atoms with Gasteiger partial charge in [0.05, 0.1) is 0 Å². The number of piperidine rings is 1. The van der Waals surface area contributed by atoms with Gasteiger partial charge in [0.15, 0.2) is 0 Å². The largest absolute Gasteiger partial charge is 0.396 e. The van der Waals surface area contributed by atoms with E-state index in [1.54, 1.807) is 0 Å². The highest BCUT2D eigenvalue weighted by molar-refractivity contribution is 5.76. The van der Waals surface area contributed by atoms with Crippen LogP contribution in [0.1, 0.15) is 45.4 Å². The number of hydrogen-bond acceptors (Lipinski definition) is 3. The minimum absolute atomic E-state index is 0.174. The average molecular weight is 243 g/mol. The Bertz CT molecular complexity index is 219. The topological polar surface area (TPSA) is 49.8 Å². The fraction of sp³-hybridized carbons (Fsp3) is 0.923. The molecule has 1 unspecified atom stereocenters. The SMILES string of the molecule is CCOCCCC(=O)N1CCCCC1CCO. The Hall–Kier alpha value is -0.610. The fourth-order valence-corrected chi connectivity index (χ4v) is 2.39. The first-order chi connectivity index (χ1) is 8.29. The Balaban J connectivity index is 2.31. The zero-order valence-electron chi connectivity index (χ0n) is 10.9. The molecule has 0 radical (unpaired) electrons. The number of ether oxygens (including phenoxy) is 1. The van der Waals surface area contributed by atoms with E-state index in [2.05, 4.69) is 0 Å². The van der Waals surface area contributed by atoms with Crippen LogP contribution in [0.15, 0.2) is 0 Å². The van der Waals surface area contributed by atoms with Gasteiger partial charge in [-0.1, -0.05) is 0 Å². The van der Waals surface area contributed by atoms with Gasteiger partial charge >= 0.3 is 0 Å². The molecule has 1 heterocycles. The molecule has 1 fully saturated rings. The fourth-order valence-electron chi connectivity index (χ4n) is 2.39. The summed E-state index contributed by atoms with van der Waals surface area (Å²) >= 11 is 0. The van der Waals surface area contributed by atoms with E-state index in [-0.39, 0.29) is 18.6 Å². The summed E-state index contributed by atoms with van der Waals surface area (Å²) in [5.41, 5.74) is 0. The van der Waals surface area contributed by atoms with Crippen molar-refractivity contribution in [2.75, 3.05) is 26.4 Å². The van der Waals surface area contributed by atoms with Crippen LogP contribution in [0, 0.1) is 0 Å². The van der Waals surface area contributed by atoms with E-state index in [1.165, 1.54) is 6.42 Å². The molecule has 1 N–H and O–H groups in total. The quantitative estimate of drug-likeness (QED) is 0.690. The number of amides is 1. The van der Waals surface area contributed by atoms with Crippen molar-refractivity contribution >= 4 is 5.91 Å². The van der Waals surface area contributed by atoms with Crippen molar-refractivity contribution in [2.45, 2.75) is 51.5 Å². The second kappa shape index (κ2) is 8.48. The molecule has 0 aliphatic carbocycles. The number of aliphatic hydroxyl groups is 1. The summed E-state index contributed by atoms with van der Waals surface area (Å²) in [6.45, 7) is 4.38. The Morgan fingerprint density at radius 1 is 1.47 bits per heavy atom. The van der Waals surface area contributed by atoms with E-state index in [9.17, 15) is 4.79 Å². The number of carbonyl (C=O) groups excluding carboxylic acids is 1. The highest BCUT2D eigenvalue weighted by atomic mass is 16.5. The molecule has 1 aliphatic rings. The highest BCUT2D eigenvalue weighted by Gasteiger charge is 2.25. The molecule has 0 aromatic rings. The third kappa shape index (κ3) is 5.04. The van der Waals surface area contributed by atoms with Gasteiger partial charge in [0.1, 0.15) is 0 Å². The standard InChI is InChI=1S/C13H25NO3/c1-2-17-11-5-7-13(16)14-9-4-3-6-12(14)8-10-15/h12,15H,2-11H2,1H3. The van der Waals surface area contributed by atoms with Crippen molar-refractivity contribution in [1.29, 1.82) is 0 Å². The number of aliphatic hydroxyl groups excluding tert-OH is 1. The molecule has 1 rings (SSSR count). The van der Waals surface area contributed by atoms with Gasteiger partial charge in [0.2, 0.25) is 5.91 Å². The van der Waals surface area contributed by atoms with Gasteiger partial charge in [-0.3, -0.25) is 4.79 Å². The van der Waals surface area contributed by atoms with E-state index in [1.807, 2.05) is 11.8 Å². The molecule has 0 saturated carbocycles. The van der Waals surface area contributed by atoms with E-state index in [4.69, 9.17) is 9.84 Å². The van der Waals surface area contributed by atoms with Crippen LogP contribution in [-0.4, -0.2) is 48.3 Å². The molecule has 1 amide bonds. The number of likely N-dealkylation sites (tertiary alicyclic amines) is 1. The maximum Gasteiger partial charge on any atom is 0.222 e. The average Bonchev–Trinajstić information content (AvgIpc) is 2.35. The zero-order chi connectivity index (χ0) is 12.5. The molecule has 0 bridgehead atoms. The van der Waals surface area contributed by atoms with Crippen LogP contribution in [0.5, 0.6) is 0 Å². The number of hydrogen-bond donors (Lipinski definition) is 1. The van der Waals surface area contributed by atoms with Gasteiger partial charge in [0, 0.05) is 38.8 Å². The van der Waals surface area contributed by atoms with Crippen LogP contribution in [0.2, 0.25) is 0 Å². The van der Waals surface area contributed by atoms with Gasteiger partial charge in [-0.15, -0.1) is 0 Å². The maximum atomic E-state index is 12.0. The van der Waals surface area contributed by atoms with Crippen molar-refractivity contribution in [3.05, 3.63) is 0 Å². The lowest BCUT2D eigenvalue weighted by Gasteiger charge is -2.35. The molecule has 0 spiro atoms. The lowest BCUT2D eigenvalue weighted by atomic mass is 9.99. The van der Waals surface area contributed by atoms with Crippen LogP contribution < -0.4 is 0 Å². The number of nitrogens with zero attached hydrogens (tertiary/aromatic N) is 1. The van der Waals surface area contributed by atoms with E-state index in [0.29, 0.717) is 19.6 Å². The Labute approximate surface area is 104 Å². The van der Waals surface area contributed by atoms with Crippen molar-refractivity contribution in [3.8, 4) is 0 Å². The van der Waals surface area contributed by atoms with Crippen molar-refractivity contribution < 1.29 is 14.6 Å². The molecule has 0 aromatic carbocycles. The van der Waals surface area contributed by atoms with Crippen LogP contribution in [0.25, 0.3) is 0 Å². The van der Waals surface area contributed by atoms with Gasteiger partial charge in [0.25, 0.3) is 0 Å². The molecule has 100 valence electrons. The summed E-state index contributed by atoms with van der Waals surface area (Å²) in [7, 11) is 0. The molecule has 4 heteroatoms. The van der Waals surface area contributed by atoms with Gasteiger partial charge in [-0.2, -0.15) is 0 Å². The van der Waals surface area contributed by atoms with Crippen LogP contribution in [0.4, 0.5) is 0 Å². The van der Waals surface area contributed by atoms with Crippen molar-refractivity contribution in [3.63, 3.8) is 0 Å². The highest BCUT2D eigenvalue weighted by Crippen LogP contribution is 2.20. The summed E-state index contributed by atoms with van der Waals surface area (Å²) in [5.74, 6) is 0.225.